The van der Waals surface area contributed by atoms with E-state index in [1.165, 1.54) is 24.3 Å². The Bertz CT molecular complexity index is 1280. The van der Waals surface area contributed by atoms with Crippen molar-refractivity contribution in [3.05, 3.63) is 60.0 Å². The summed E-state index contributed by atoms with van der Waals surface area (Å²) in [6.07, 6.45) is 1.64. The van der Waals surface area contributed by atoms with Crippen LogP contribution in [0.15, 0.2) is 48.7 Å². The minimum atomic E-state index is -3.81. The summed E-state index contributed by atoms with van der Waals surface area (Å²) in [6.45, 7) is 1.64. The van der Waals surface area contributed by atoms with Crippen molar-refractivity contribution in [2.45, 2.75) is 18.7 Å². The number of aromatic amines is 1. The molecule has 0 radical (unpaired) electrons. The summed E-state index contributed by atoms with van der Waals surface area (Å²) in [5.41, 5.74) is 0.0783. The van der Waals surface area contributed by atoms with Crippen LogP contribution in [0.2, 0.25) is 0 Å². The van der Waals surface area contributed by atoms with Crippen LogP contribution in [0.25, 0.3) is 22.3 Å². The second-order valence-corrected chi connectivity index (χ2v) is 7.56. The van der Waals surface area contributed by atoms with Crippen molar-refractivity contribution in [2.75, 3.05) is 11.9 Å². The smallest absolute Gasteiger partial charge is 0.420 e. The minimum absolute atomic E-state index is 0.128. The van der Waals surface area contributed by atoms with Crippen LogP contribution >= 0.6 is 11.6 Å². The van der Waals surface area contributed by atoms with Crippen LogP contribution in [-0.4, -0.2) is 37.8 Å². The van der Waals surface area contributed by atoms with Crippen molar-refractivity contribution in [1.82, 2.24) is 19.7 Å². The number of halogens is 3. The fraction of sp³-hybridized carbons (Fsp3) is 0.190. The van der Waals surface area contributed by atoms with Crippen molar-refractivity contribution >= 4 is 34.2 Å². The van der Waals surface area contributed by atoms with Gasteiger partial charge in [-0.05, 0) is 42.5 Å². The predicted octanol–water partition coefficient (Wildman–Crippen LogP) is 4.38. The Morgan fingerprint density at radius 2 is 2.06 bits per heavy atom. The molecule has 164 valence electrons. The molecule has 0 saturated heterocycles. The number of hydrogen-bond donors (Lipinski definition) is 2. The number of fused-ring (bicyclic) bond motifs is 3. The van der Waals surface area contributed by atoms with E-state index in [0.29, 0.717) is 36.5 Å². The summed E-state index contributed by atoms with van der Waals surface area (Å²) in [7, 11) is 0. The van der Waals surface area contributed by atoms with Gasteiger partial charge in [0.05, 0.1) is 23.3 Å². The Balaban J connectivity index is 1.48. The number of anilines is 1. The number of amides is 1. The van der Waals surface area contributed by atoms with Gasteiger partial charge in [-0.2, -0.15) is 5.10 Å². The Hall–Kier alpha value is -3.50. The molecule has 0 bridgehead atoms. The van der Waals surface area contributed by atoms with Gasteiger partial charge in [-0.25, -0.2) is 4.98 Å². The van der Waals surface area contributed by atoms with Crippen LogP contribution in [0.1, 0.15) is 16.2 Å². The van der Waals surface area contributed by atoms with Crippen molar-refractivity contribution in [1.29, 1.82) is 0 Å². The molecule has 1 amide bonds. The molecule has 2 aromatic carbocycles. The summed E-state index contributed by atoms with van der Waals surface area (Å²) >= 11 is 4.77. The summed E-state index contributed by atoms with van der Waals surface area (Å²) < 4.78 is 37.4. The SMILES string of the molecule is O=C(Nc1ccc(OC(F)(F)Cl)cc1)c1cc(-c2ccn[nH]2)c2c(c1)nc1n2CCOC1. The summed E-state index contributed by atoms with van der Waals surface area (Å²) in [4.78, 5) is 17.6. The zero-order valence-corrected chi connectivity index (χ0v) is 17.2. The third-order valence-electron chi connectivity index (χ3n) is 5.01. The number of ether oxygens (including phenoxy) is 2. The predicted molar refractivity (Wildman–Crippen MR) is 113 cm³/mol. The molecule has 0 aliphatic carbocycles. The van der Waals surface area contributed by atoms with Gasteiger partial charge in [-0.3, -0.25) is 9.89 Å². The first kappa shape index (κ1) is 20.4. The molecule has 4 aromatic rings. The molecular weight excluding hydrogens is 444 g/mol. The summed E-state index contributed by atoms with van der Waals surface area (Å²) in [6, 6.07) is 10.8. The molecule has 11 heteroatoms. The Morgan fingerprint density at radius 3 is 2.78 bits per heavy atom. The number of hydrogen-bond acceptors (Lipinski definition) is 5. The average Bonchev–Trinajstić information content (AvgIpc) is 3.41. The van der Waals surface area contributed by atoms with Crippen LogP contribution in [-0.2, 0) is 17.9 Å². The highest BCUT2D eigenvalue weighted by Crippen LogP contribution is 2.32. The fourth-order valence-electron chi connectivity index (χ4n) is 3.67. The van der Waals surface area contributed by atoms with Gasteiger partial charge in [0.1, 0.15) is 18.2 Å². The number of aromatic nitrogens is 4. The molecule has 2 aromatic heterocycles. The number of carbonyl (C=O) groups excluding carboxylic acids is 1. The lowest BCUT2D eigenvalue weighted by atomic mass is 10.0. The van der Waals surface area contributed by atoms with E-state index < -0.39 is 5.57 Å². The van der Waals surface area contributed by atoms with E-state index in [0.717, 1.165) is 22.6 Å². The molecule has 1 aliphatic rings. The third kappa shape index (κ3) is 4.02. The van der Waals surface area contributed by atoms with E-state index in [4.69, 9.17) is 16.3 Å². The van der Waals surface area contributed by atoms with Gasteiger partial charge in [-0.15, -0.1) is 8.78 Å². The first-order chi connectivity index (χ1) is 15.4. The maximum atomic E-state index is 13.0. The van der Waals surface area contributed by atoms with Crippen molar-refractivity contribution in [3.8, 4) is 17.0 Å². The lowest BCUT2D eigenvalue weighted by Crippen LogP contribution is -2.17. The second kappa shape index (κ2) is 7.88. The number of benzene rings is 2. The highest BCUT2D eigenvalue weighted by molar-refractivity contribution is 6.20. The quantitative estimate of drug-likeness (QED) is 0.432. The largest absolute Gasteiger partial charge is 0.487 e. The molecule has 1 aliphatic heterocycles. The average molecular weight is 460 g/mol. The van der Waals surface area contributed by atoms with Crippen molar-refractivity contribution in [3.63, 3.8) is 0 Å². The number of carbonyl (C=O) groups is 1. The number of H-pyrrole nitrogens is 1. The molecule has 3 heterocycles. The number of rotatable bonds is 5. The molecule has 2 N–H and O–H groups in total. The third-order valence-corrected chi connectivity index (χ3v) is 5.09. The first-order valence-electron chi connectivity index (χ1n) is 9.65. The Morgan fingerprint density at radius 1 is 1.25 bits per heavy atom. The second-order valence-electron chi connectivity index (χ2n) is 7.12. The highest BCUT2D eigenvalue weighted by Gasteiger charge is 2.27. The lowest BCUT2D eigenvalue weighted by Gasteiger charge is -2.16. The van der Waals surface area contributed by atoms with Gasteiger partial charge < -0.3 is 19.4 Å². The molecule has 0 spiro atoms. The topological polar surface area (TPSA) is 94.1 Å². The standard InChI is InChI=1S/C21H16ClF2N5O3/c22-21(23,24)32-14-3-1-13(2-4-14)26-20(30)12-9-15(16-5-6-25-28-16)19-17(10-12)27-18-11-31-8-7-29(18)19/h1-6,9-10H,7-8,11H2,(H,25,28)(H,26,30). The first-order valence-corrected chi connectivity index (χ1v) is 10.0. The van der Waals surface area contributed by atoms with Crippen molar-refractivity contribution < 1.29 is 23.0 Å². The molecule has 0 atom stereocenters. The molecule has 5 rings (SSSR count). The summed E-state index contributed by atoms with van der Waals surface area (Å²) in [5, 5.41) is 9.71. The lowest BCUT2D eigenvalue weighted by molar-refractivity contribution is -0.0964. The van der Waals surface area contributed by atoms with Crippen LogP contribution in [0.4, 0.5) is 14.5 Å². The molecule has 8 nitrogen and oxygen atoms in total. The normalized spacial score (nSPS) is 13.7. The molecule has 0 unspecified atom stereocenters. The van der Waals surface area contributed by atoms with Gasteiger partial charge in [0, 0.05) is 41.2 Å². The van der Waals surface area contributed by atoms with E-state index in [-0.39, 0.29) is 11.7 Å². The zero-order valence-electron chi connectivity index (χ0n) is 16.4. The summed E-state index contributed by atoms with van der Waals surface area (Å²) in [5.74, 6) is 0.277. The van der Waals surface area contributed by atoms with Crippen LogP contribution in [0, 0.1) is 0 Å². The minimum Gasteiger partial charge on any atom is -0.420 e. The zero-order chi connectivity index (χ0) is 22.3. The maximum absolute atomic E-state index is 13.0. The monoisotopic (exact) mass is 459 g/mol. The van der Waals surface area contributed by atoms with E-state index >= 15 is 0 Å². The van der Waals surface area contributed by atoms with E-state index in [1.807, 2.05) is 6.07 Å². The van der Waals surface area contributed by atoms with Gasteiger partial charge in [0.25, 0.3) is 5.91 Å². The molecule has 0 saturated carbocycles. The van der Waals surface area contributed by atoms with E-state index in [9.17, 15) is 13.6 Å². The van der Waals surface area contributed by atoms with Crippen LogP contribution in [0.5, 0.6) is 5.75 Å². The fourth-order valence-corrected chi connectivity index (χ4v) is 3.76. The van der Waals surface area contributed by atoms with E-state index in [2.05, 4.69) is 29.8 Å². The van der Waals surface area contributed by atoms with Gasteiger partial charge in [-0.1, -0.05) is 0 Å². The maximum Gasteiger partial charge on any atom is 0.487 e. The van der Waals surface area contributed by atoms with E-state index in [1.54, 1.807) is 18.3 Å². The van der Waals surface area contributed by atoms with Crippen molar-refractivity contribution in [2.24, 2.45) is 0 Å². The Labute approximate surface area is 185 Å². The Kier molecular flexibility index (Phi) is 5.03. The molecular formula is C21H16ClF2N5O3. The highest BCUT2D eigenvalue weighted by atomic mass is 35.5. The van der Waals surface area contributed by atoms with Crippen LogP contribution in [0.3, 0.4) is 0 Å². The van der Waals surface area contributed by atoms with Gasteiger partial charge >= 0.3 is 5.57 Å². The van der Waals surface area contributed by atoms with Crippen LogP contribution < -0.4 is 10.1 Å². The van der Waals surface area contributed by atoms with Gasteiger partial charge in [0.2, 0.25) is 0 Å². The number of nitrogens with zero attached hydrogens (tertiary/aromatic N) is 3. The molecule has 0 fully saturated rings. The number of nitrogens with one attached hydrogen (secondary N) is 2. The van der Waals surface area contributed by atoms with Gasteiger partial charge in [0.15, 0.2) is 0 Å². The number of alkyl halides is 3. The molecule has 32 heavy (non-hydrogen) atoms. The number of imidazole rings is 1.